The molecule has 0 spiro atoms. The van der Waals surface area contributed by atoms with Crippen LogP contribution in [0.4, 0.5) is 0 Å². The van der Waals surface area contributed by atoms with Crippen LogP contribution in [0.1, 0.15) is 16.1 Å². The fourth-order valence-corrected chi connectivity index (χ4v) is 2.51. The maximum Gasteiger partial charge on any atom is 0.262 e. The molecule has 2 amide bonds. The van der Waals surface area contributed by atoms with E-state index in [2.05, 4.69) is 21.2 Å². The molecule has 1 heterocycles. The van der Waals surface area contributed by atoms with Gasteiger partial charge in [-0.15, -0.1) is 11.3 Å². The molecule has 1 rings (SSSR count). The molecule has 0 aliphatic rings. The van der Waals surface area contributed by atoms with Crippen molar-refractivity contribution in [1.82, 2.24) is 10.2 Å². The molecule has 0 saturated carbocycles. The van der Waals surface area contributed by atoms with Gasteiger partial charge in [-0.05, 0) is 27.4 Å². The Bertz CT molecular complexity index is 390. The van der Waals surface area contributed by atoms with Crippen molar-refractivity contribution in [1.29, 1.82) is 0 Å². The van der Waals surface area contributed by atoms with Crippen LogP contribution in [-0.2, 0) is 4.79 Å². The van der Waals surface area contributed by atoms with Gasteiger partial charge in [0.1, 0.15) is 4.88 Å². The number of halogens is 1. The zero-order valence-electron chi connectivity index (χ0n) is 9.12. The summed E-state index contributed by atoms with van der Waals surface area (Å²) in [5, 5.41) is 4.54. The highest BCUT2D eigenvalue weighted by molar-refractivity contribution is 9.10. The van der Waals surface area contributed by atoms with Crippen molar-refractivity contribution in [2.75, 3.05) is 20.6 Å². The zero-order valence-corrected chi connectivity index (χ0v) is 11.5. The number of carbonyl (C=O) groups excluding carboxylic acids is 2. The van der Waals surface area contributed by atoms with Crippen LogP contribution in [0.5, 0.6) is 0 Å². The number of carbonyl (C=O) groups is 2. The molecule has 0 aromatic carbocycles. The van der Waals surface area contributed by atoms with Gasteiger partial charge in [0.05, 0.1) is 0 Å². The number of thiophene rings is 1. The van der Waals surface area contributed by atoms with E-state index in [1.54, 1.807) is 14.1 Å². The summed E-state index contributed by atoms with van der Waals surface area (Å²) in [6.07, 6.45) is 0.321. The number of nitrogens with one attached hydrogen (secondary N) is 1. The number of nitrogens with zero attached hydrogens (tertiary/aromatic N) is 1. The SMILES string of the molecule is CN(C)C(=O)CCNC(=O)c1sccc1Br. The maximum atomic E-state index is 11.6. The number of hydrogen-bond donors (Lipinski definition) is 1. The van der Waals surface area contributed by atoms with E-state index in [1.165, 1.54) is 16.2 Å². The Labute approximate surface area is 107 Å². The van der Waals surface area contributed by atoms with E-state index >= 15 is 0 Å². The lowest BCUT2D eigenvalue weighted by molar-refractivity contribution is -0.128. The van der Waals surface area contributed by atoms with Crippen LogP contribution < -0.4 is 5.32 Å². The van der Waals surface area contributed by atoms with Gasteiger partial charge in [0.25, 0.3) is 5.91 Å². The lowest BCUT2D eigenvalue weighted by atomic mass is 10.3. The second-order valence-corrected chi connectivity index (χ2v) is 5.16. The maximum absolute atomic E-state index is 11.6. The topological polar surface area (TPSA) is 49.4 Å². The first-order valence-electron chi connectivity index (χ1n) is 4.73. The Kier molecular flexibility index (Phi) is 4.95. The van der Waals surface area contributed by atoms with Crippen molar-refractivity contribution in [2.24, 2.45) is 0 Å². The minimum Gasteiger partial charge on any atom is -0.351 e. The molecular formula is C10H13BrN2O2S. The van der Waals surface area contributed by atoms with Gasteiger partial charge in [-0.1, -0.05) is 0 Å². The van der Waals surface area contributed by atoms with Crippen molar-refractivity contribution < 1.29 is 9.59 Å². The van der Waals surface area contributed by atoms with E-state index in [0.29, 0.717) is 17.8 Å². The van der Waals surface area contributed by atoms with Gasteiger partial charge in [0.15, 0.2) is 0 Å². The van der Waals surface area contributed by atoms with Crippen molar-refractivity contribution in [3.05, 3.63) is 20.8 Å². The van der Waals surface area contributed by atoms with E-state index in [4.69, 9.17) is 0 Å². The highest BCUT2D eigenvalue weighted by atomic mass is 79.9. The predicted molar refractivity (Wildman–Crippen MR) is 67.7 cm³/mol. The van der Waals surface area contributed by atoms with Crippen LogP contribution >= 0.6 is 27.3 Å². The first kappa shape index (κ1) is 13.2. The normalized spacial score (nSPS) is 9.94. The largest absolute Gasteiger partial charge is 0.351 e. The molecule has 6 heteroatoms. The Hall–Kier alpha value is -0.880. The molecule has 0 unspecified atom stereocenters. The smallest absolute Gasteiger partial charge is 0.262 e. The Morgan fingerprint density at radius 1 is 1.50 bits per heavy atom. The summed E-state index contributed by atoms with van der Waals surface area (Å²) in [7, 11) is 3.39. The summed E-state index contributed by atoms with van der Waals surface area (Å²) >= 11 is 4.65. The Morgan fingerprint density at radius 3 is 2.69 bits per heavy atom. The average Bonchev–Trinajstić information content (AvgIpc) is 2.64. The van der Waals surface area contributed by atoms with Crippen molar-refractivity contribution in [3.8, 4) is 0 Å². The summed E-state index contributed by atoms with van der Waals surface area (Å²) in [5.41, 5.74) is 0. The number of amides is 2. The Balaban J connectivity index is 2.37. The van der Waals surface area contributed by atoms with E-state index < -0.39 is 0 Å². The second-order valence-electron chi connectivity index (χ2n) is 3.39. The van der Waals surface area contributed by atoms with Crippen molar-refractivity contribution in [2.45, 2.75) is 6.42 Å². The number of rotatable bonds is 4. The van der Waals surface area contributed by atoms with Crippen LogP contribution in [0, 0.1) is 0 Å². The van der Waals surface area contributed by atoms with Crippen LogP contribution in [0.25, 0.3) is 0 Å². The lowest BCUT2D eigenvalue weighted by Crippen LogP contribution is -2.29. The molecule has 0 fully saturated rings. The monoisotopic (exact) mass is 304 g/mol. The van der Waals surface area contributed by atoms with E-state index in [1.807, 2.05) is 11.4 Å². The summed E-state index contributed by atoms with van der Waals surface area (Å²) in [6.45, 7) is 0.361. The van der Waals surface area contributed by atoms with Crippen molar-refractivity contribution in [3.63, 3.8) is 0 Å². The number of hydrogen-bond acceptors (Lipinski definition) is 3. The summed E-state index contributed by atoms with van der Waals surface area (Å²) in [6, 6.07) is 1.82. The van der Waals surface area contributed by atoms with Gasteiger partial charge in [-0.2, -0.15) is 0 Å². The summed E-state index contributed by atoms with van der Waals surface area (Å²) in [4.78, 5) is 25.0. The molecule has 1 aromatic rings. The van der Waals surface area contributed by atoms with Gasteiger partial charge >= 0.3 is 0 Å². The van der Waals surface area contributed by atoms with E-state index in [9.17, 15) is 9.59 Å². The third-order valence-corrected chi connectivity index (χ3v) is 3.78. The zero-order chi connectivity index (χ0) is 12.1. The predicted octanol–water partition coefficient (Wildman–Crippen LogP) is 1.72. The van der Waals surface area contributed by atoms with E-state index in [0.717, 1.165) is 4.47 Å². The first-order valence-corrected chi connectivity index (χ1v) is 6.41. The summed E-state index contributed by atoms with van der Waals surface area (Å²) in [5.74, 6) is -0.140. The minimum atomic E-state index is -0.145. The van der Waals surface area contributed by atoms with Gasteiger partial charge in [-0.25, -0.2) is 0 Å². The molecule has 0 aliphatic carbocycles. The molecule has 0 aliphatic heterocycles. The van der Waals surface area contributed by atoms with Gasteiger partial charge in [-0.3, -0.25) is 9.59 Å². The van der Waals surface area contributed by atoms with Crippen LogP contribution in [-0.4, -0.2) is 37.4 Å². The average molecular weight is 305 g/mol. The first-order chi connectivity index (χ1) is 7.52. The highest BCUT2D eigenvalue weighted by Crippen LogP contribution is 2.22. The molecule has 1 N–H and O–H groups in total. The van der Waals surface area contributed by atoms with Gasteiger partial charge < -0.3 is 10.2 Å². The molecule has 0 atom stereocenters. The van der Waals surface area contributed by atoms with Crippen molar-refractivity contribution >= 4 is 39.1 Å². The highest BCUT2D eigenvalue weighted by Gasteiger charge is 2.11. The Morgan fingerprint density at radius 2 is 2.19 bits per heavy atom. The molecule has 16 heavy (non-hydrogen) atoms. The second kappa shape index (κ2) is 6.00. The molecule has 88 valence electrons. The fourth-order valence-electron chi connectivity index (χ4n) is 1.04. The fraction of sp³-hybridized carbons (Fsp3) is 0.400. The third-order valence-electron chi connectivity index (χ3n) is 1.95. The van der Waals surface area contributed by atoms with Crippen LogP contribution in [0.2, 0.25) is 0 Å². The van der Waals surface area contributed by atoms with Crippen LogP contribution in [0.15, 0.2) is 15.9 Å². The molecule has 0 bridgehead atoms. The third kappa shape index (κ3) is 3.61. The molecular weight excluding hydrogens is 292 g/mol. The van der Waals surface area contributed by atoms with E-state index in [-0.39, 0.29) is 11.8 Å². The van der Waals surface area contributed by atoms with Gasteiger partial charge in [0, 0.05) is 31.5 Å². The minimum absolute atomic E-state index is 0.00513. The molecule has 0 radical (unpaired) electrons. The van der Waals surface area contributed by atoms with Gasteiger partial charge in [0.2, 0.25) is 5.91 Å². The summed E-state index contributed by atoms with van der Waals surface area (Å²) < 4.78 is 0.786. The quantitative estimate of drug-likeness (QED) is 0.921. The van der Waals surface area contributed by atoms with Crippen LogP contribution in [0.3, 0.4) is 0 Å². The molecule has 4 nitrogen and oxygen atoms in total. The molecule has 1 aromatic heterocycles. The molecule has 0 saturated heterocycles. The standard InChI is InChI=1S/C10H13BrN2O2S/c1-13(2)8(14)3-5-12-10(15)9-7(11)4-6-16-9/h4,6H,3,5H2,1-2H3,(H,12,15). The lowest BCUT2D eigenvalue weighted by Gasteiger charge is -2.10.